The molecule has 1 aromatic heterocycles. The topological polar surface area (TPSA) is 13.1 Å². The van der Waals surface area contributed by atoms with Crippen LogP contribution < -0.4 is 0 Å². The van der Waals surface area contributed by atoms with Crippen LogP contribution in [-0.2, 0) is 0 Å². The van der Waals surface area contributed by atoms with E-state index < -0.39 is 0 Å². The first kappa shape index (κ1) is 8.38. The zero-order valence-electron chi connectivity index (χ0n) is 7.99. The lowest BCUT2D eigenvalue weighted by atomic mass is 10.1. The molecule has 0 radical (unpaired) electrons. The molecule has 0 aliphatic heterocycles. The molecule has 1 rings (SSSR count). The third-order valence-electron chi connectivity index (χ3n) is 2.25. The van der Waals surface area contributed by atoms with Crippen LogP contribution in [-0.4, -0.2) is 0 Å². The molecule has 1 nitrogen and oxygen atoms in total. The van der Waals surface area contributed by atoms with Crippen molar-refractivity contribution in [1.82, 2.24) is 0 Å². The van der Waals surface area contributed by atoms with Crippen molar-refractivity contribution in [2.75, 3.05) is 0 Å². The maximum atomic E-state index is 5.61. The second-order valence-corrected chi connectivity index (χ2v) is 3.43. The Hall–Kier alpha value is -0.720. The van der Waals surface area contributed by atoms with Gasteiger partial charge < -0.3 is 4.42 Å². The smallest absolute Gasteiger partial charge is 0.109 e. The fourth-order valence-electron chi connectivity index (χ4n) is 1.32. The molecule has 0 aromatic carbocycles. The second kappa shape index (κ2) is 2.72. The Morgan fingerprint density at radius 2 is 1.55 bits per heavy atom. The molecule has 0 saturated heterocycles. The Kier molecular flexibility index (Phi) is 2.08. The monoisotopic (exact) mass is 152 g/mol. The summed E-state index contributed by atoms with van der Waals surface area (Å²) in [5.74, 6) is 2.70. The van der Waals surface area contributed by atoms with E-state index in [1.807, 2.05) is 6.92 Å². The van der Waals surface area contributed by atoms with E-state index in [2.05, 4.69) is 27.7 Å². The fourth-order valence-corrected chi connectivity index (χ4v) is 1.32. The van der Waals surface area contributed by atoms with Crippen molar-refractivity contribution in [3.05, 3.63) is 22.6 Å². The van der Waals surface area contributed by atoms with Crippen LogP contribution in [0.2, 0.25) is 0 Å². The first-order valence-electron chi connectivity index (χ1n) is 4.10. The van der Waals surface area contributed by atoms with Crippen LogP contribution >= 0.6 is 0 Å². The largest absolute Gasteiger partial charge is 0.466 e. The Labute approximate surface area is 68.4 Å². The molecule has 1 heterocycles. The molecule has 0 unspecified atom stereocenters. The predicted octanol–water partition coefficient (Wildman–Crippen LogP) is 3.33. The normalized spacial score (nSPS) is 11.1. The summed E-state index contributed by atoms with van der Waals surface area (Å²) in [6.45, 7) is 10.6. The highest BCUT2D eigenvalue weighted by atomic mass is 16.3. The summed E-state index contributed by atoms with van der Waals surface area (Å²) in [5.41, 5.74) is 2.62. The van der Waals surface area contributed by atoms with Crippen LogP contribution in [0.15, 0.2) is 4.42 Å². The van der Waals surface area contributed by atoms with Crippen LogP contribution in [0.4, 0.5) is 0 Å². The van der Waals surface area contributed by atoms with Crippen LogP contribution in [0.1, 0.15) is 42.4 Å². The van der Waals surface area contributed by atoms with E-state index in [-0.39, 0.29) is 0 Å². The van der Waals surface area contributed by atoms with Gasteiger partial charge in [0.2, 0.25) is 0 Å². The van der Waals surface area contributed by atoms with Crippen molar-refractivity contribution >= 4 is 0 Å². The maximum absolute atomic E-state index is 5.61. The van der Waals surface area contributed by atoms with Gasteiger partial charge in [-0.05, 0) is 31.9 Å². The van der Waals surface area contributed by atoms with Crippen molar-refractivity contribution in [2.45, 2.75) is 40.5 Å². The first-order valence-corrected chi connectivity index (χ1v) is 4.10. The average molecular weight is 152 g/mol. The minimum Gasteiger partial charge on any atom is -0.466 e. The second-order valence-electron chi connectivity index (χ2n) is 3.43. The van der Waals surface area contributed by atoms with Gasteiger partial charge >= 0.3 is 0 Å². The van der Waals surface area contributed by atoms with Gasteiger partial charge in [0.05, 0.1) is 0 Å². The van der Waals surface area contributed by atoms with Crippen LogP contribution in [0.5, 0.6) is 0 Å². The van der Waals surface area contributed by atoms with Gasteiger partial charge in [-0.25, -0.2) is 0 Å². The molecule has 0 amide bonds. The van der Waals surface area contributed by atoms with E-state index in [9.17, 15) is 0 Å². The lowest BCUT2D eigenvalue weighted by Crippen LogP contribution is -1.86. The molecule has 0 aliphatic rings. The summed E-state index contributed by atoms with van der Waals surface area (Å²) in [7, 11) is 0. The van der Waals surface area contributed by atoms with Gasteiger partial charge in [-0.2, -0.15) is 0 Å². The Bertz CT molecular complexity index is 256. The Morgan fingerprint density at radius 1 is 1.00 bits per heavy atom. The highest BCUT2D eigenvalue weighted by molar-refractivity contribution is 5.31. The third-order valence-corrected chi connectivity index (χ3v) is 2.25. The van der Waals surface area contributed by atoms with Gasteiger partial charge in [-0.1, -0.05) is 13.8 Å². The van der Waals surface area contributed by atoms with E-state index >= 15 is 0 Å². The summed E-state index contributed by atoms with van der Waals surface area (Å²) < 4.78 is 5.61. The van der Waals surface area contributed by atoms with Crippen molar-refractivity contribution in [1.29, 1.82) is 0 Å². The molecule has 0 atom stereocenters. The number of furan rings is 1. The quantitative estimate of drug-likeness (QED) is 0.601. The van der Waals surface area contributed by atoms with Gasteiger partial charge in [0.25, 0.3) is 0 Å². The SMILES string of the molecule is Cc1oc(C(C)C)c(C)c1C. The minimum atomic E-state index is 0.502. The van der Waals surface area contributed by atoms with E-state index in [1.165, 1.54) is 11.1 Å². The lowest BCUT2D eigenvalue weighted by Gasteiger charge is -2.00. The Balaban J connectivity index is 3.19. The van der Waals surface area contributed by atoms with Gasteiger partial charge in [-0.15, -0.1) is 0 Å². The molecule has 0 fully saturated rings. The van der Waals surface area contributed by atoms with E-state index in [0.29, 0.717) is 5.92 Å². The number of hydrogen-bond donors (Lipinski definition) is 0. The number of rotatable bonds is 1. The molecule has 11 heavy (non-hydrogen) atoms. The van der Waals surface area contributed by atoms with E-state index in [4.69, 9.17) is 4.42 Å². The number of aryl methyl sites for hydroxylation is 1. The lowest BCUT2D eigenvalue weighted by molar-refractivity contribution is 0.460. The van der Waals surface area contributed by atoms with Gasteiger partial charge in [-0.3, -0.25) is 0 Å². The summed E-state index contributed by atoms with van der Waals surface area (Å²) in [4.78, 5) is 0. The van der Waals surface area contributed by atoms with Crippen molar-refractivity contribution in [3.63, 3.8) is 0 Å². The molecule has 62 valence electrons. The maximum Gasteiger partial charge on any atom is 0.109 e. The molecule has 1 aromatic rings. The first-order chi connectivity index (χ1) is 5.04. The van der Waals surface area contributed by atoms with E-state index in [0.717, 1.165) is 11.5 Å². The van der Waals surface area contributed by atoms with E-state index in [1.54, 1.807) is 0 Å². The minimum absolute atomic E-state index is 0.502. The predicted molar refractivity (Wildman–Crippen MR) is 47.0 cm³/mol. The number of hydrogen-bond acceptors (Lipinski definition) is 1. The Morgan fingerprint density at radius 3 is 1.73 bits per heavy atom. The fraction of sp³-hybridized carbons (Fsp3) is 0.600. The molecule has 0 N–H and O–H groups in total. The summed E-state index contributed by atoms with van der Waals surface area (Å²) in [5, 5.41) is 0. The summed E-state index contributed by atoms with van der Waals surface area (Å²) >= 11 is 0. The third kappa shape index (κ3) is 1.32. The van der Waals surface area contributed by atoms with Crippen LogP contribution in [0, 0.1) is 20.8 Å². The van der Waals surface area contributed by atoms with Crippen molar-refractivity contribution < 1.29 is 4.42 Å². The summed E-state index contributed by atoms with van der Waals surface area (Å²) in [6, 6.07) is 0. The zero-order chi connectivity index (χ0) is 8.59. The molecular formula is C10H16O. The highest BCUT2D eigenvalue weighted by Crippen LogP contribution is 2.26. The molecule has 0 bridgehead atoms. The molecule has 0 saturated carbocycles. The molecule has 0 spiro atoms. The van der Waals surface area contributed by atoms with Gasteiger partial charge in [0.15, 0.2) is 0 Å². The van der Waals surface area contributed by atoms with Crippen LogP contribution in [0.3, 0.4) is 0 Å². The van der Waals surface area contributed by atoms with Gasteiger partial charge in [0.1, 0.15) is 11.5 Å². The highest BCUT2D eigenvalue weighted by Gasteiger charge is 2.12. The standard InChI is InChI=1S/C10H16O/c1-6(2)10-8(4)7(3)9(5)11-10/h6H,1-5H3. The molecular weight excluding hydrogens is 136 g/mol. The van der Waals surface area contributed by atoms with Crippen LogP contribution in [0.25, 0.3) is 0 Å². The molecule has 0 aliphatic carbocycles. The van der Waals surface area contributed by atoms with Gasteiger partial charge in [0, 0.05) is 5.92 Å². The van der Waals surface area contributed by atoms with Crippen molar-refractivity contribution in [3.8, 4) is 0 Å². The van der Waals surface area contributed by atoms with Crippen molar-refractivity contribution in [2.24, 2.45) is 0 Å². The molecule has 1 heteroatoms. The average Bonchev–Trinajstić information content (AvgIpc) is 2.17. The zero-order valence-corrected chi connectivity index (χ0v) is 7.99. The summed E-state index contributed by atoms with van der Waals surface area (Å²) in [6.07, 6.45) is 0.